The van der Waals surface area contributed by atoms with Gasteiger partial charge in [0, 0.05) is 18.7 Å². The van der Waals surface area contributed by atoms with Crippen LogP contribution in [0.15, 0.2) is 60.8 Å². The molecule has 14 heteroatoms. The second kappa shape index (κ2) is 12.8. The number of carbonyl (C=O) groups is 1. The van der Waals surface area contributed by atoms with E-state index in [1.54, 1.807) is 25.3 Å². The lowest BCUT2D eigenvalue weighted by Gasteiger charge is -2.36. The van der Waals surface area contributed by atoms with E-state index in [1.807, 2.05) is 32.0 Å². The molecule has 1 aliphatic heterocycles. The maximum Gasteiger partial charge on any atom is 0.573 e. The zero-order valence-electron chi connectivity index (χ0n) is 21.8. The molecule has 10 nitrogen and oxygen atoms in total. The minimum Gasteiger partial charge on any atom is -0.406 e. The minimum atomic E-state index is -4.75. The van der Waals surface area contributed by atoms with Crippen molar-refractivity contribution in [3.05, 3.63) is 71.9 Å². The number of hydrogen-bond donors (Lipinski definition) is 4. The van der Waals surface area contributed by atoms with Crippen molar-refractivity contribution in [3.63, 3.8) is 0 Å². The molecule has 0 saturated carbocycles. The predicted molar refractivity (Wildman–Crippen MR) is 142 cm³/mol. The lowest BCUT2D eigenvalue weighted by molar-refractivity contribution is -0.274. The normalized spacial score (nSPS) is 17.5. The first-order valence-electron chi connectivity index (χ1n) is 12.0. The van der Waals surface area contributed by atoms with Gasteiger partial charge in [-0.3, -0.25) is 4.79 Å². The Morgan fingerprint density at radius 2 is 1.65 bits per heavy atom. The smallest absolute Gasteiger partial charge is 0.406 e. The fourth-order valence-corrected chi connectivity index (χ4v) is 4.24. The Bertz CT molecular complexity index is 1330. The van der Waals surface area contributed by atoms with Crippen molar-refractivity contribution < 1.29 is 46.7 Å². The quantitative estimate of drug-likeness (QED) is 0.309. The zero-order valence-corrected chi connectivity index (χ0v) is 22.7. The van der Waals surface area contributed by atoms with Gasteiger partial charge in [-0.1, -0.05) is 24.3 Å². The first-order valence-corrected chi connectivity index (χ1v) is 13.6. The van der Waals surface area contributed by atoms with Crippen molar-refractivity contribution in [3.8, 4) is 16.9 Å². The SMILES string of the molecule is Cc1c(C(=O)Nc2ccc(N3C[C@@H](C)O[C@@H](C)C3)nc2)cccc1-c1ccc(OC(F)(F)F)cc1.O=P(O)(O)O. The van der Waals surface area contributed by atoms with Crippen molar-refractivity contribution in [1.82, 2.24) is 4.98 Å². The van der Waals surface area contributed by atoms with Crippen molar-refractivity contribution in [1.29, 1.82) is 0 Å². The van der Waals surface area contributed by atoms with Crippen LogP contribution in [0.2, 0.25) is 0 Å². The summed E-state index contributed by atoms with van der Waals surface area (Å²) in [5.74, 6) is 0.218. The molecule has 1 aromatic heterocycles. The fraction of sp³-hybridized carbons (Fsp3) is 0.308. The Labute approximate surface area is 228 Å². The summed E-state index contributed by atoms with van der Waals surface area (Å²) in [6, 6.07) is 14.5. The van der Waals surface area contributed by atoms with E-state index in [9.17, 15) is 18.0 Å². The van der Waals surface area contributed by atoms with Crippen molar-refractivity contribution in [2.45, 2.75) is 39.3 Å². The lowest BCUT2D eigenvalue weighted by atomic mass is 9.96. The third-order valence-electron chi connectivity index (χ3n) is 5.73. The van der Waals surface area contributed by atoms with Crippen molar-refractivity contribution in [2.75, 3.05) is 23.3 Å². The van der Waals surface area contributed by atoms with Gasteiger partial charge >= 0.3 is 14.2 Å². The Kier molecular flexibility index (Phi) is 9.93. The van der Waals surface area contributed by atoms with Gasteiger partial charge in [-0.25, -0.2) is 9.55 Å². The minimum absolute atomic E-state index is 0.114. The van der Waals surface area contributed by atoms with E-state index in [-0.39, 0.29) is 23.9 Å². The first-order chi connectivity index (χ1) is 18.6. The average Bonchev–Trinajstić information content (AvgIpc) is 2.82. The summed E-state index contributed by atoms with van der Waals surface area (Å²) in [6.45, 7) is 7.35. The zero-order chi connectivity index (χ0) is 29.7. The predicted octanol–water partition coefficient (Wildman–Crippen LogP) is 4.89. The Balaban J connectivity index is 0.000000810. The van der Waals surface area contributed by atoms with Gasteiger partial charge in [-0.2, -0.15) is 0 Å². The molecule has 0 spiro atoms. The number of aromatic nitrogens is 1. The molecule has 1 saturated heterocycles. The standard InChI is InChI=1S/C26H26F3N3O3.H3O4P/c1-16-14-32(15-17(2)34-16)24-12-9-20(13-30-24)31-25(33)23-6-4-5-22(18(23)3)19-7-10-21(11-8-19)35-26(27,28)29;1-5(2,3)4/h4-13,16-17H,14-15H2,1-3H3,(H,31,33);(H3,1,2,3,4)/t16-,17+;. The number of morpholine rings is 1. The van der Waals surface area contributed by atoms with Crippen LogP contribution in [0.5, 0.6) is 5.75 Å². The second-order valence-corrected chi connectivity index (χ2v) is 10.1. The summed E-state index contributed by atoms with van der Waals surface area (Å²) in [5.41, 5.74) is 3.13. The molecule has 0 aliphatic carbocycles. The van der Waals surface area contributed by atoms with Crippen molar-refractivity contribution >= 4 is 25.2 Å². The molecule has 2 heterocycles. The summed E-state index contributed by atoms with van der Waals surface area (Å²) in [7, 11) is -4.64. The number of ether oxygens (including phenoxy) is 2. The van der Waals surface area contributed by atoms with Gasteiger partial charge in [0.05, 0.1) is 24.1 Å². The van der Waals surface area contributed by atoms with Gasteiger partial charge in [0.25, 0.3) is 5.91 Å². The molecular formula is C26H29F3N3O7P. The molecule has 0 radical (unpaired) electrons. The largest absolute Gasteiger partial charge is 0.573 e. The van der Waals surface area contributed by atoms with Crippen LogP contribution in [-0.2, 0) is 9.30 Å². The van der Waals surface area contributed by atoms with Crippen LogP contribution < -0.4 is 15.0 Å². The van der Waals surface area contributed by atoms with Gasteiger partial charge in [0.1, 0.15) is 11.6 Å². The molecule has 216 valence electrons. The summed E-state index contributed by atoms with van der Waals surface area (Å²) in [4.78, 5) is 41.2. The van der Waals surface area contributed by atoms with Gasteiger partial charge in [0.2, 0.25) is 0 Å². The van der Waals surface area contributed by atoms with Crippen LogP contribution in [0.1, 0.15) is 29.8 Å². The van der Waals surface area contributed by atoms with E-state index >= 15 is 0 Å². The van der Waals surface area contributed by atoms with Gasteiger partial charge in [-0.15, -0.1) is 13.2 Å². The van der Waals surface area contributed by atoms with E-state index in [0.717, 1.165) is 24.5 Å². The van der Waals surface area contributed by atoms with Crippen LogP contribution in [0.25, 0.3) is 11.1 Å². The van der Waals surface area contributed by atoms with Crippen LogP contribution in [0, 0.1) is 6.92 Å². The second-order valence-electron chi connectivity index (χ2n) is 9.09. The number of benzene rings is 2. The monoisotopic (exact) mass is 583 g/mol. The Morgan fingerprint density at radius 1 is 1.05 bits per heavy atom. The summed E-state index contributed by atoms with van der Waals surface area (Å²) in [5, 5.41) is 2.87. The average molecular weight is 584 g/mol. The molecule has 2 aromatic carbocycles. The molecule has 3 aromatic rings. The van der Waals surface area contributed by atoms with Crippen LogP contribution >= 0.6 is 7.82 Å². The van der Waals surface area contributed by atoms with Gasteiger partial charge < -0.3 is 34.4 Å². The number of nitrogens with one attached hydrogen (secondary N) is 1. The number of halogens is 3. The summed E-state index contributed by atoms with van der Waals surface area (Å²) >= 11 is 0. The number of nitrogens with zero attached hydrogens (tertiary/aromatic N) is 2. The number of hydrogen-bond acceptors (Lipinski definition) is 6. The van der Waals surface area contributed by atoms with Crippen molar-refractivity contribution in [2.24, 2.45) is 0 Å². The molecule has 2 atom stereocenters. The van der Waals surface area contributed by atoms with E-state index in [0.29, 0.717) is 22.4 Å². The molecule has 0 bridgehead atoms. The third kappa shape index (κ3) is 9.61. The molecule has 0 unspecified atom stereocenters. The van der Waals surface area contributed by atoms with E-state index in [2.05, 4.69) is 19.9 Å². The molecule has 1 fully saturated rings. The summed E-state index contributed by atoms with van der Waals surface area (Å²) < 4.78 is 55.8. The number of carbonyl (C=O) groups excluding carboxylic acids is 1. The topological polar surface area (TPSA) is 141 Å². The number of anilines is 2. The van der Waals surface area contributed by atoms with Crippen LogP contribution in [-0.4, -0.2) is 57.2 Å². The molecule has 4 N–H and O–H groups in total. The Hall–Kier alpha value is -3.48. The number of alkyl halides is 3. The molecule has 1 aliphatic rings. The maximum absolute atomic E-state index is 13.0. The fourth-order valence-electron chi connectivity index (χ4n) is 4.24. The molecule has 4 rings (SSSR count). The third-order valence-corrected chi connectivity index (χ3v) is 5.73. The maximum atomic E-state index is 13.0. The Morgan fingerprint density at radius 3 is 2.17 bits per heavy atom. The first kappa shape index (κ1) is 31.1. The van der Waals surface area contributed by atoms with E-state index in [1.165, 1.54) is 24.3 Å². The highest BCUT2D eigenvalue weighted by Crippen LogP contribution is 2.30. The molecule has 40 heavy (non-hydrogen) atoms. The number of amides is 1. The van der Waals surface area contributed by atoms with Crippen LogP contribution in [0.4, 0.5) is 24.7 Å². The van der Waals surface area contributed by atoms with Gasteiger partial charge in [0.15, 0.2) is 0 Å². The van der Waals surface area contributed by atoms with Crippen LogP contribution in [0.3, 0.4) is 0 Å². The number of pyridine rings is 1. The molecule has 1 amide bonds. The lowest BCUT2D eigenvalue weighted by Crippen LogP contribution is -2.45. The number of phosphoric acid groups is 1. The highest BCUT2D eigenvalue weighted by Gasteiger charge is 2.31. The van der Waals surface area contributed by atoms with E-state index in [4.69, 9.17) is 24.0 Å². The summed E-state index contributed by atoms with van der Waals surface area (Å²) in [6.07, 6.45) is -2.90. The highest BCUT2D eigenvalue weighted by atomic mass is 31.2. The number of rotatable bonds is 5. The molecular weight excluding hydrogens is 554 g/mol. The van der Waals surface area contributed by atoms with Gasteiger partial charge in [-0.05, 0) is 67.8 Å². The highest BCUT2D eigenvalue weighted by molar-refractivity contribution is 7.45. The van der Waals surface area contributed by atoms with E-state index < -0.39 is 14.2 Å².